The Hall–Kier alpha value is -0.910. The molecule has 1 saturated heterocycles. The van der Waals surface area contributed by atoms with Crippen LogP contribution >= 0.6 is 11.3 Å². The van der Waals surface area contributed by atoms with Gasteiger partial charge in [0.2, 0.25) is 5.91 Å². The van der Waals surface area contributed by atoms with Gasteiger partial charge in [0.1, 0.15) is 6.04 Å². The van der Waals surface area contributed by atoms with E-state index in [0.29, 0.717) is 6.54 Å². The number of hydrogen-bond acceptors (Lipinski definition) is 4. The van der Waals surface area contributed by atoms with Crippen LogP contribution in [0.3, 0.4) is 0 Å². The predicted octanol–water partition coefficient (Wildman–Crippen LogP) is 0.0497. The fourth-order valence-electron chi connectivity index (χ4n) is 2.00. The summed E-state index contributed by atoms with van der Waals surface area (Å²) < 4.78 is 0. The van der Waals surface area contributed by atoms with E-state index in [1.807, 2.05) is 0 Å². The number of nitrogens with two attached hydrogens (primary N) is 1. The molecule has 0 radical (unpaired) electrons. The Kier molecular flexibility index (Phi) is 3.93. The van der Waals surface area contributed by atoms with Crippen LogP contribution in [0.25, 0.3) is 0 Å². The van der Waals surface area contributed by atoms with Gasteiger partial charge in [-0.25, -0.2) is 0 Å². The van der Waals surface area contributed by atoms with Crippen molar-refractivity contribution in [3.05, 3.63) is 22.4 Å². The molecule has 2 heterocycles. The SMILES string of the molecule is NC(=O)C1CNCCN1CCc1ccsc1. The largest absolute Gasteiger partial charge is 0.368 e. The molecule has 2 rings (SSSR count). The Morgan fingerprint density at radius 3 is 3.25 bits per heavy atom. The molecule has 1 fully saturated rings. The monoisotopic (exact) mass is 239 g/mol. The Morgan fingerprint density at radius 2 is 2.56 bits per heavy atom. The number of nitrogens with zero attached hydrogens (tertiary/aromatic N) is 1. The molecule has 1 aromatic heterocycles. The smallest absolute Gasteiger partial charge is 0.236 e. The maximum atomic E-state index is 11.3. The lowest BCUT2D eigenvalue weighted by Crippen LogP contribution is -2.57. The molecule has 0 spiro atoms. The summed E-state index contributed by atoms with van der Waals surface area (Å²) in [5.74, 6) is -0.225. The second-order valence-electron chi connectivity index (χ2n) is 4.04. The summed E-state index contributed by atoms with van der Waals surface area (Å²) in [4.78, 5) is 13.4. The van der Waals surface area contributed by atoms with E-state index >= 15 is 0 Å². The summed E-state index contributed by atoms with van der Waals surface area (Å²) in [7, 11) is 0. The van der Waals surface area contributed by atoms with E-state index in [0.717, 1.165) is 26.1 Å². The lowest BCUT2D eigenvalue weighted by Gasteiger charge is -2.33. The van der Waals surface area contributed by atoms with Crippen LogP contribution in [0.4, 0.5) is 0 Å². The van der Waals surface area contributed by atoms with Crippen LogP contribution in [-0.2, 0) is 11.2 Å². The first-order chi connectivity index (χ1) is 7.77. The van der Waals surface area contributed by atoms with Crippen LogP contribution in [0, 0.1) is 0 Å². The molecule has 88 valence electrons. The molecule has 1 aromatic rings. The summed E-state index contributed by atoms with van der Waals surface area (Å²) in [5, 5.41) is 7.44. The van der Waals surface area contributed by atoms with E-state index in [9.17, 15) is 4.79 Å². The summed E-state index contributed by atoms with van der Waals surface area (Å²) in [6.07, 6.45) is 0.993. The summed E-state index contributed by atoms with van der Waals surface area (Å²) in [6, 6.07) is 1.99. The highest BCUT2D eigenvalue weighted by atomic mass is 32.1. The van der Waals surface area contributed by atoms with E-state index < -0.39 is 0 Å². The zero-order valence-corrected chi connectivity index (χ0v) is 10.0. The average molecular weight is 239 g/mol. The van der Waals surface area contributed by atoms with Gasteiger partial charge in [-0.3, -0.25) is 9.69 Å². The minimum Gasteiger partial charge on any atom is -0.368 e. The summed E-state index contributed by atoms with van der Waals surface area (Å²) >= 11 is 1.71. The van der Waals surface area contributed by atoms with Crippen molar-refractivity contribution in [2.45, 2.75) is 12.5 Å². The van der Waals surface area contributed by atoms with Gasteiger partial charge in [-0.05, 0) is 28.8 Å². The fourth-order valence-corrected chi connectivity index (χ4v) is 2.71. The highest BCUT2D eigenvalue weighted by molar-refractivity contribution is 7.07. The lowest BCUT2D eigenvalue weighted by molar-refractivity contribution is -0.123. The number of thiophene rings is 1. The molecule has 1 atom stereocenters. The highest BCUT2D eigenvalue weighted by Crippen LogP contribution is 2.09. The van der Waals surface area contributed by atoms with Crippen molar-refractivity contribution in [2.75, 3.05) is 26.2 Å². The summed E-state index contributed by atoms with van der Waals surface area (Å²) in [5.41, 5.74) is 6.73. The summed E-state index contributed by atoms with van der Waals surface area (Å²) in [6.45, 7) is 3.43. The Labute approximate surface area is 99.4 Å². The van der Waals surface area contributed by atoms with Gasteiger partial charge in [-0.2, -0.15) is 11.3 Å². The van der Waals surface area contributed by atoms with Gasteiger partial charge in [-0.1, -0.05) is 0 Å². The molecule has 1 aliphatic heterocycles. The topological polar surface area (TPSA) is 58.4 Å². The third-order valence-corrected chi connectivity index (χ3v) is 3.68. The number of primary amides is 1. The van der Waals surface area contributed by atoms with Gasteiger partial charge >= 0.3 is 0 Å². The number of amides is 1. The molecule has 0 aliphatic carbocycles. The number of hydrogen-bond donors (Lipinski definition) is 2. The van der Waals surface area contributed by atoms with E-state index in [1.165, 1.54) is 5.56 Å². The molecular formula is C11H17N3OS. The van der Waals surface area contributed by atoms with Gasteiger partial charge in [0.25, 0.3) is 0 Å². The van der Waals surface area contributed by atoms with Gasteiger partial charge in [-0.15, -0.1) is 0 Å². The molecule has 4 nitrogen and oxygen atoms in total. The molecule has 0 bridgehead atoms. The molecule has 16 heavy (non-hydrogen) atoms. The quantitative estimate of drug-likeness (QED) is 0.780. The highest BCUT2D eigenvalue weighted by Gasteiger charge is 2.25. The van der Waals surface area contributed by atoms with Crippen molar-refractivity contribution in [3.63, 3.8) is 0 Å². The van der Waals surface area contributed by atoms with Crippen LogP contribution < -0.4 is 11.1 Å². The van der Waals surface area contributed by atoms with Crippen LogP contribution in [0.5, 0.6) is 0 Å². The number of piperazine rings is 1. The minimum absolute atomic E-state index is 0.146. The Bertz CT molecular complexity index is 339. The zero-order valence-electron chi connectivity index (χ0n) is 9.19. The second-order valence-corrected chi connectivity index (χ2v) is 4.82. The van der Waals surface area contributed by atoms with Gasteiger partial charge < -0.3 is 11.1 Å². The van der Waals surface area contributed by atoms with Crippen LogP contribution in [0.15, 0.2) is 16.8 Å². The normalized spacial score (nSPS) is 22.1. The molecule has 1 aliphatic rings. The van der Waals surface area contributed by atoms with E-state index in [4.69, 9.17) is 5.73 Å². The maximum absolute atomic E-state index is 11.3. The van der Waals surface area contributed by atoms with Crippen molar-refractivity contribution < 1.29 is 4.79 Å². The average Bonchev–Trinajstić information content (AvgIpc) is 2.79. The van der Waals surface area contributed by atoms with Crippen molar-refractivity contribution in [2.24, 2.45) is 5.73 Å². The lowest BCUT2D eigenvalue weighted by atomic mass is 10.1. The predicted molar refractivity (Wildman–Crippen MR) is 65.4 cm³/mol. The Morgan fingerprint density at radius 1 is 1.69 bits per heavy atom. The molecule has 1 unspecified atom stereocenters. The Balaban J connectivity index is 1.89. The van der Waals surface area contributed by atoms with E-state index in [-0.39, 0.29) is 11.9 Å². The van der Waals surface area contributed by atoms with Crippen molar-refractivity contribution in [1.29, 1.82) is 0 Å². The molecule has 0 aromatic carbocycles. The molecule has 3 N–H and O–H groups in total. The van der Waals surface area contributed by atoms with Gasteiger partial charge in [0.05, 0.1) is 0 Å². The molecular weight excluding hydrogens is 222 g/mol. The first-order valence-electron chi connectivity index (χ1n) is 5.52. The van der Waals surface area contributed by atoms with E-state index in [2.05, 4.69) is 27.0 Å². The van der Waals surface area contributed by atoms with Crippen molar-refractivity contribution in [3.8, 4) is 0 Å². The molecule has 5 heteroatoms. The molecule has 0 saturated carbocycles. The minimum atomic E-state index is -0.225. The first kappa shape index (κ1) is 11.6. The molecule has 1 amide bonds. The number of carbonyl (C=O) groups excluding carboxylic acids is 1. The number of rotatable bonds is 4. The second kappa shape index (κ2) is 5.43. The van der Waals surface area contributed by atoms with Crippen molar-refractivity contribution >= 4 is 17.2 Å². The van der Waals surface area contributed by atoms with Crippen LogP contribution in [0.2, 0.25) is 0 Å². The van der Waals surface area contributed by atoms with Crippen LogP contribution in [-0.4, -0.2) is 43.0 Å². The van der Waals surface area contributed by atoms with Gasteiger partial charge in [0.15, 0.2) is 0 Å². The third kappa shape index (κ3) is 2.81. The van der Waals surface area contributed by atoms with E-state index in [1.54, 1.807) is 11.3 Å². The third-order valence-electron chi connectivity index (χ3n) is 2.95. The van der Waals surface area contributed by atoms with Crippen LogP contribution in [0.1, 0.15) is 5.56 Å². The number of carbonyl (C=O) groups is 1. The van der Waals surface area contributed by atoms with Crippen molar-refractivity contribution in [1.82, 2.24) is 10.2 Å². The fraction of sp³-hybridized carbons (Fsp3) is 0.545. The first-order valence-corrected chi connectivity index (χ1v) is 6.47. The maximum Gasteiger partial charge on any atom is 0.236 e. The number of nitrogens with one attached hydrogen (secondary N) is 1. The standard InChI is InChI=1S/C11H17N3OS/c12-11(15)10-7-13-3-5-14(10)4-1-9-2-6-16-8-9/h2,6,8,10,13H,1,3-5,7H2,(H2,12,15). The zero-order chi connectivity index (χ0) is 11.4. The van der Waals surface area contributed by atoms with Gasteiger partial charge in [0, 0.05) is 26.2 Å².